The molecule has 0 fully saturated rings. The van der Waals surface area contributed by atoms with Gasteiger partial charge in [-0.05, 0) is 28.8 Å². The molecular weight excluding hydrogens is 380 g/mol. The minimum absolute atomic E-state index is 0.0712. The lowest BCUT2D eigenvalue weighted by Gasteiger charge is -2.22. The maximum Gasteiger partial charge on any atom is 0.315 e. The molecule has 0 aliphatic carbocycles. The summed E-state index contributed by atoms with van der Waals surface area (Å²) in [6.45, 7) is 1.07. The second-order valence-electron chi connectivity index (χ2n) is 7.03. The molecule has 0 aromatic heterocycles. The Bertz CT molecular complexity index is 940. The zero-order chi connectivity index (χ0) is 20.8. The first-order valence-electron chi connectivity index (χ1n) is 9.92. The van der Waals surface area contributed by atoms with Gasteiger partial charge < -0.3 is 25.2 Å². The van der Waals surface area contributed by atoms with Crippen LogP contribution in [0.15, 0.2) is 78.9 Å². The number of hydrogen-bond acceptors (Lipinski definition) is 4. The average Bonchev–Trinajstić information content (AvgIpc) is 2.81. The smallest absolute Gasteiger partial charge is 0.315 e. The Hall–Kier alpha value is -3.51. The van der Waals surface area contributed by atoms with E-state index in [9.17, 15) is 9.90 Å². The van der Waals surface area contributed by atoms with Gasteiger partial charge in [0.25, 0.3) is 0 Å². The number of carbonyl (C=O) groups excluding carboxylic acids is 1. The fourth-order valence-electron chi connectivity index (χ4n) is 3.41. The van der Waals surface area contributed by atoms with Gasteiger partial charge in [-0.3, -0.25) is 0 Å². The molecular formula is C24H24N2O4. The maximum atomic E-state index is 12.6. The molecule has 3 aromatic rings. The standard InChI is InChI=1S/C24H24N2O4/c27-20(19-11-12-21-22(15-19)30-14-13-29-21)16-25-24(28)26-23(17-7-3-1-4-8-17)18-9-5-2-6-10-18/h1-12,15,20,23,27H,13-14,16H2,(H2,25,26,28)/t20-/m0/s1. The molecule has 1 aliphatic heterocycles. The number of fused-ring (bicyclic) bond motifs is 1. The van der Waals surface area contributed by atoms with Crippen molar-refractivity contribution >= 4 is 6.03 Å². The van der Waals surface area contributed by atoms with Gasteiger partial charge in [-0.25, -0.2) is 4.79 Å². The minimum atomic E-state index is -0.863. The largest absolute Gasteiger partial charge is 0.486 e. The zero-order valence-electron chi connectivity index (χ0n) is 16.5. The van der Waals surface area contributed by atoms with Crippen molar-refractivity contribution < 1.29 is 19.4 Å². The maximum absolute atomic E-state index is 12.6. The number of aliphatic hydroxyl groups excluding tert-OH is 1. The molecule has 6 heteroatoms. The summed E-state index contributed by atoms with van der Waals surface area (Å²) in [6.07, 6.45) is -0.863. The third kappa shape index (κ3) is 4.72. The molecule has 0 radical (unpaired) electrons. The van der Waals surface area contributed by atoms with Crippen molar-refractivity contribution in [3.63, 3.8) is 0 Å². The summed E-state index contributed by atoms with van der Waals surface area (Å²) in [5, 5.41) is 16.3. The summed E-state index contributed by atoms with van der Waals surface area (Å²) in [7, 11) is 0. The van der Waals surface area contributed by atoms with Crippen molar-refractivity contribution in [1.29, 1.82) is 0 Å². The van der Waals surface area contributed by atoms with Crippen LogP contribution in [-0.4, -0.2) is 30.9 Å². The van der Waals surface area contributed by atoms with Gasteiger partial charge in [-0.1, -0.05) is 66.7 Å². The summed E-state index contributed by atoms with van der Waals surface area (Å²) in [4.78, 5) is 12.6. The molecule has 0 saturated heterocycles. The monoisotopic (exact) mass is 404 g/mol. The topological polar surface area (TPSA) is 79.8 Å². The van der Waals surface area contributed by atoms with E-state index in [1.807, 2.05) is 60.7 Å². The van der Waals surface area contributed by atoms with Crippen LogP contribution in [-0.2, 0) is 0 Å². The van der Waals surface area contributed by atoms with E-state index in [1.54, 1.807) is 18.2 Å². The Morgan fingerprint density at radius 1 is 0.833 bits per heavy atom. The number of amides is 2. The van der Waals surface area contributed by atoms with Crippen LogP contribution in [0.25, 0.3) is 0 Å². The number of benzene rings is 3. The highest BCUT2D eigenvalue weighted by Gasteiger charge is 2.19. The van der Waals surface area contributed by atoms with Crippen LogP contribution in [0.5, 0.6) is 11.5 Å². The summed E-state index contributed by atoms with van der Waals surface area (Å²) >= 11 is 0. The average molecular weight is 404 g/mol. The van der Waals surface area contributed by atoms with Gasteiger partial charge in [0, 0.05) is 6.54 Å². The van der Waals surface area contributed by atoms with Crippen molar-refractivity contribution in [3.8, 4) is 11.5 Å². The fourth-order valence-corrected chi connectivity index (χ4v) is 3.41. The molecule has 0 bridgehead atoms. The molecule has 1 heterocycles. The number of ether oxygens (including phenoxy) is 2. The van der Waals surface area contributed by atoms with Gasteiger partial charge in [0.1, 0.15) is 13.2 Å². The van der Waals surface area contributed by atoms with E-state index >= 15 is 0 Å². The molecule has 30 heavy (non-hydrogen) atoms. The molecule has 154 valence electrons. The van der Waals surface area contributed by atoms with E-state index in [1.165, 1.54) is 0 Å². The number of hydrogen-bond donors (Lipinski definition) is 3. The molecule has 3 aromatic carbocycles. The van der Waals surface area contributed by atoms with E-state index in [0.29, 0.717) is 30.3 Å². The predicted molar refractivity (Wildman–Crippen MR) is 114 cm³/mol. The van der Waals surface area contributed by atoms with Crippen LogP contribution in [0.4, 0.5) is 4.79 Å². The molecule has 1 atom stereocenters. The Labute approximate surface area is 175 Å². The lowest BCUT2D eigenvalue weighted by atomic mass is 9.99. The number of aliphatic hydroxyl groups is 1. The van der Waals surface area contributed by atoms with Crippen LogP contribution < -0.4 is 20.1 Å². The Balaban J connectivity index is 1.40. The first-order chi connectivity index (χ1) is 14.7. The van der Waals surface area contributed by atoms with E-state index in [2.05, 4.69) is 10.6 Å². The van der Waals surface area contributed by atoms with Crippen LogP contribution in [0, 0.1) is 0 Å². The Kier molecular flexibility index (Phi) is 6.15. The number of nitrogens with one attached hydrogen (secondary N) is 2. The Morgan fingerprint density at radius 2 is 1.43 bits per heavy atom. The molecule has 0 spiro atoms. The van der Waals surface area contributed by atoms with Gasteiger partial charge in [0.15, 0.2) is 11.5 Å². The van der Waals surface area contributed by atoms with Crippen molar-refractivity contribution in [1.82, 2.24) is 10.6 Å². The third-order valence-corrected chi connectivity index (χ3v) is 4.95. The molecule has 1 aliphatic rings. The molecule has 2 amide bonds. The van der Waals surface area contributed by atoms with Gasteiger partial charge in [0.05, 0.1) is 12.1 Å². The first kappa shape index (κ1) is 19.8. The van der Waals surface area contributed by atoms with E-state index in [0.717, 1.165) is 11.1 Å². The molecule has 4 rings (SSSR count). The third-order valence-electron chi connectivity index (χ3n) is 4.95. The van der Waals surface area contributed by atoms with E-state index in [-0.39, 0.29) is 18.6 Å². The van der Waals surface area contributed by atoms with Gasteiger partial charge in [0.2, 0.25) is 0 Å². The van der Waals surface area contributed by atoms with E-state index in [4.69, 9.17) is 9.47 Å². The predicted octanol–water partition coefficient (Wildman–Crippen LogP) is 3.58. The second-order valence-corrected chi connectivity index (χ2v) is 7.03. The molecule has 0 saturated carbocycles. The zero-order valence-corrected chi connectivity index (χ0v) is 16.5. The lowest BCUT2D eigenvalue weighted by Crippen LogP contribution is -2.40. The minimum Gasteiger partial charge on any atom is -0.486 e. The highest BCUT2D eigenvalue weighted by molar-refractivity contribution is 5.75. The van der Waals surface area contributed by atoms with Gasteiger partial charge >= 0.3 is 6.03 Å². The first-order valence-corrected chi connectivity index (χ1v) is 9.92. The van der Waals surface area contributed by atoms with Gasteiger partial charge in [-0.15, -0.1) is 0 Å². The molecule has 3 N–H and O–H groups in total. The number of rotatable bonds is 6. The summed E-state index contributed by atoms with van der Waals surface area (Å²) in [5.74, 6) is 1.27. The second kappa shape index (κ2) is 9.33. The van der Waals surface area contributed by atoms with Crippen LogP contribution in [0.1, 0.15) is 28.8 Å². The van der Waals surface area contributed by atoms with Gasteiger partial charge in [-0.2, -0.15) is 0 Å². The highest BCUT2D eigenvalue weighted by atomic mass is 16.6. The van der Waals surface area contributed by atoms with Crippen molar-refractivity contribution in [2.24, 2.45) is 0 Å². The van der Waals surface area contributed by atoms with Crippen molar-refractivity contribution in [3.05, 3.63) is 95.6 Å². The summed E-state index contributed by atoms with van der Waals surface area (Å²) in [5.41, 5.74) is 2.61. The molecule has 0 unspecified atom stereocenters. The van der Waals surface area contributed by atoms with Crippen LogP contribution in [0.3, 0.4) is 0 Å². The SMILES string of the molecule is O=C(NC[C@H](O)c1ccc2c(c1)OCCO2)NC(c1ccccc1)c1ccccc1. The van der Waals surface area contributed by atoms with Crippen molar-refractivity contribution in [2.75, 3.05) is 19.8 Å². The van der Waals surface area contributed by atoms with E-state index < -0.39 is 6.10 Å². The highest BCUT2D eigenvalue weighted by Crippen LogP contribution is 2.32. The van der Waals surface area contributed by atoms with Crippen LogP contribution >= 0.6 is 0 Å². The quantitative estimate of drug-likeness (QED) is 0.587. The number of carbonyl (C=O) groups is 1. The number of urea groups is 1. The fraction of sp³-hybridized carbons (Fsp3) is 0.208. The van der Waals surface area contributed by atoms with Crippen LogP contribution in [0.2, 0.25) is 0 Å². The van der Waals surface area contributed by atoms with Crippen molar-refractivity contribution in [2.45, 2.75) is 12.1 Å². The Morgan fingerprint density at radius 3 is 2.07 bits per heavy atom. The molecule has 6 nitrogen and oxygen atoms in total. The summed E-state index contributed by atoms with van der Waals surface area (Å²) in [6, 6.07) is 24.2. The lowest BCUT2D eigenvalue weighted by molar-refractivity contribution is 0.163. The normalized spacial score (nSPS) is 13.5. The summed E-state index contributed by atoms with van der Waals surface area (Å²) < 4.78 is 11.1.